The highest BCUT2D eigenvalue weighted by molar-refractivity contribution is 7.89. The summed E-state index contributed by atoms with van der Waals surface area (Å²) in [5, 5.41) is 3.21. The third-order valence-corrected chi connectivity index (χ3v) is 4.75. The highest BCUT2D eigenvalue weighted by Crippen LogP contribution is 2.24. The van der Waals surface area contributed by atoms with Crippen LogP contribution in [0.2, 0.25) is 0 Å². The molecule has 0 aromatic heterocycles. The van der Waals surface area contributed by atoms with Crippen molar-refractivity contribution in [3.63, 3.8) is 0 Å². The Balaban J connectivity index is 3.01. The van der Waals surface area contributed by atoms with Crippen molar-refractivity contribution in [2.24, 2.45) is 5.92 Å². The minimum Gasteiger partial charge on any atom is -0.399 e. The molecule has 1 aromatic carbocycles. The quantitative estimate of drug-likeness (QED) is 0.669. The lowest BCUT2D eigenvalue weighted by Crippen LogP contribution is -2.21. The number of nitrogens with two attached hydrogens (primary N) is 1. The minimum atomic E-state index is -3.51. The normalized spacial score (nSPS) is 11.8. The number of hydrogen-bond donors (Lipinski definition) is 3. The van der Waals surface area contributed by atoms with Gasteiger partial charge in [-0.1, -0.05) is 26.7 Å². The molecule has 0 spiro atoms. The van der Waals surface area contributed by atoms with E-state index in [4.69, 9.17) is 5.73 Å². The first-order valence-corrected chi connectivity index (χ1v) is 7.99. The van der Waals surface area contributed by atoms with E-state index in [0.29, 0.717) is 17.3 Å². The van der Waals surface area contributed by atoms with Crippen molar-refractivity contribution in [3.05, 3.63) is 18.2 Å². The zero-order chi connectivity index (χ0) is 14.5. The number of sulfonamides is 1. The topological polar surface area (TPSA) is 84.2 Å². The lowest BCUT2D eigenvalue weighted by Gasteiger charge is -2.17. The lowest BCUT2D eigenvalue weighted by atomic mass is 10.0. The van der Waals surface area contributed by atoms with Crippen molar-refractivity contribution in [1.29, 1.82) is 0 Å². The maximum atomic E-state index is 12.0. The fraction of sp³-hybridized carbons (Fsp3) is 0.538. The Labute approximate surface area is 115 Å². The molecule has 0 fully saturated rings. The first-order valence-electron chi connectivity index (χ1n) is 6.51. The van der Waals surface area contributed by atoms with Crippen LogP contribution >= 0.6 is 0 Å². The molecule has 0 amide bonds. The molecule has 0 aliphatic heterocycles. The molecule has 5 nitrogen and oxygen atoms in total. The van der Waals surface area contributed by atoms with Gasteiger partial charge in [0.2, 0.25) is 10.0 Å². The Morgan fingerprint density at radius 1 is 1.26 bits per heavy atom. The smallest absolute Gasteiger partial charge is 0.242 e. The number of hydrogen-bond acceptors (Lipinski definition) is 4. The maximum absolute atomic E-state index is 12.0. The summed E-state index contributed by atoms with van der Waals surface area (Å²) in [4.78, 5) is 0.195. The van der Waals surface area contributed by atoms with E-state index in [2.05, 4.69) is 23.9 Å². The van der Waals surface area contributed by atoms with Crippen molar-refractivity contribution in [2.45, 2.75) is 31.6 Å². The van der Waals surface area contributed by atoms with Crippen molar-refractivity contribution in [3.8, 4) is 0 Å². The van der Waals surface area contributed by atoms with E-state index >= 15 is 0 Å². The van der Waals surface area contributed by atoms with Crippen molar-refractivity contribution >= 4 is 21.4 Å². The average Bonchev–Trinajstić information content (AvgIpc) is 2.41. The predicted molar refractivity (Wildman–Crippen MR) is 79.7 cm³/mol. The summed E-state index contributed by atoms with van der Waals surface area (Å²) in [6, 6.07) is 4.88. The van der Waals surface area contributed by atoms with E-state index in [1.54, 1.807) is 12.1 Å². The van der Waals surface area contributed by atoms with Gasteiger partial charge >= 0.3 is 0 Å². The molecular weight excluding hydrogens is 262 g/mol. The van der Waals surface area contributed by atoms with Crippen LogP contribution in [-0.4, -0.2) is 22.0 Å². The largest absolute Gasteiger partial charge is 0.399 e. The Morgan fingerprint density at radius 2 is 1.89 bits per heavy atom. The van der Waals surface area contributed by atoms with Gasteiger partial charge in [-0.3, -0.25) is 0 Å². The minimum absolute atomic E-state index is 0.195. The standard InChI is InChI=1S/C13H23N3O2S/c1-4-10(5-2)9-16-12-7-6-11(14)8-13(12)19(17,18)15-3/h6-8,10,15-16H,4-5,9,14H2,1-3H3. The number of nitrogens with one attached hydrogen (secondary N) is 2. The molecule has 0 radical (unpaired) electrons. The third kappa shape index (κ3) is 4.11. The predicted octanol–water partition coefficient (Wildman–Crippen LogP) is 2.02. The summed E-state index contributed by atoms with van der Waals surface area (Å²) in [5.41, 5.74) is 6.69. The molecule has 19 heavy (non-hydrogen) atoms. The van der Waals surface area contributed by atoms with Crippen molar-refractivity contribution in [2.75, 3.05) is 24.6 Å². The van der Waals surface area contributed by atoms with Crippen LogP contribution in [0, 0.1) is 5.92 Å². The first-order chi connectivity index (χ1) is 8.94. The van der Waals surface area contributed by atoms with Crippen LogP contribution < -0.4 is 15.8 Å². The molecule has 0 aliphatic rings. The van der Waals surface area contributed by atoms with E-state index < -0.39 is 10.0 Å². The van der Waals surface area contributed by atoms with Gasteiger partial charge in [0.05, 0.1) is 5.69 Å². The molecule has 4 N–H and O–H groups in total. The van der Waals surface area contributed by atoms with Gasteiger partial charge in [0.1, 0.15) is 4.90 Å². The maximum Gasteiger partial charge on any atom is 0.242 e. The van der Waals surface area contributed by atoms with Gasteiger partial charge in [0, 0.05) is 12.2 Å². The molecule has 0 atom stereocenters. The molecule has 0 saturated heterocycles. The fourth-order valence-corrected chi connectivity index (χ4v) is 2.79. The van der Waals surface area contributed by atoms with Crippen LogP contribution in [0.3, 0.4) is 0 Å². The van der Waals surface area contributed by atoms with Crippen LogP contribution in [0.15, 0.2) is 23.1 Å². The molecule has 108 valence electrons. The number of nitrogen functional groups attached to an aromatic ring is 1. The van der Waals surface area contributed by atoms with E-state index in [-0.39, 0.29) is 4.90 Å². The second kappa shape index (κ2) is 6.77. The van der Waals surface area contributed by atoms with E-state index in [1.807, 2.05) is 0 Å². The summed E-state index contributed by atoms with van der Waals surface area (Å²) >= 11 is 0. The van der Waals surface area contributed by atoms with Crippen molar-refractivity contribution < 1.29 is 8.42 Å². The molecule has 1 rings (SSSR count). The zero-order valence-corrected chi connectivity index (χ0v) is 12.5. The van der Waals surface area contributed by atoms with Crippen LogP contribution in [0.5, 0.6) is 0 Å². The SMILES string of the molecule is CCC(CC)CNc1ccc(N)cc1S(=O)(=O)NC. The molecule has 0 unspecified atom stereocenters. The third-order valence-electron chi connectivity index (χ3n) is 3.30. The molecule has 0 aliphatic carbocycles. The average molecular weight is 285 g/mol. The summed E-state index contributed by atoms with van der Waals surface area (Å²) in [7, 11) is -2.11. The second-order valence-corrected chi connectivity index (χ2v) is 6.38. The van der Waals surface area contributed by atoms with E-state index in [0.717, 1.165) is 19.4 Å². The van der Waals surface area contributed by atoms with Gasteiger partial charge in [-0.05, 0) is 31.2 Å². The lowest BCUT2D eigenvalue weighted by molar-refractivity contribution is 0.518. The second-order valence-electron chi connectivity index (χ2n) is 4.53. The van der Waals surface area contributed by atoms with Gasteiger partial charge in [0.15, 0.2) is 0 Å². The fourth-order valence-electron chi connectivity index (χ4n) is 1.85. The molecule has 6 heteroatoms. The van der Waals surface area contributed by atoms with Crippen LogP contribution in [0.4, 0.5) is 11.4 Å². The van der Waals surface area contributed by atoms with Crippen LogP contribution in [0.25, 0.3) is 0 Å². The molecule has 0 saturated carbocycles. The number of anilines is 2. The zero-order valence-electron chi connectivity index (χ0n) is 11.7. The first kappa shape index (κ1) is 15.8. The number of benzene rings is 1. The molecule has 0 bridgehead atoms. The molecule has 0 heterocycles. The highest BCUT2D eigenvalue weighted by atomic mass is 32.2. The summed E-state index contributed by atoms with van der Waals surface area (Å²) in [6.45, 7) is 5.01. The Morgan fingerprint density at radius 3 is 2.42 bits per heavy atom. The Hall–Kier alpha value is -1.27. The molecular formula is C13H23N3O2S. The van der Waals surface area contributed by atoms with Gasteiger partial charge in [-0.15, -0.1) is 0 Å². The van der Waals surface area contributed by atoms with Crippen LogP contribution in [-0.2, 0) is 10.0 Å². The van der Waals surface area contributed by atoms with Crippen LogP contribution in [0.1, 0.15) is 26.7 Å². The van der Waals surface area contributed by atoms with Gasteiger partial charge in [0.25, 0.3) is 0 Å². The highest BCUT2D eigenvalue weighted by Gasteiger charge is 2.17. The summed E-state index contributed by atoms with van der Waals surface area (Å²) in [6.07, 6.45) is 2.12. The summed E-state index contributed by atoms with van der Waals surface area (Å²) in [5.74, 6) is 0.530. The number of rotatable bonds is 7. The van der Waals surface area contributed by atoms with Gasteiger partial charge in [-0.25, -0.2) is 13.1 Å². The summed E-state index contributed by atoms with van der Waals surface area (Å²) < 4.78 is 26.2. The Kier molecular flexibility index (Phi) is 5.62. The van der Waals surface area contributed by atoms with Gasteiger partial charge < -0.3 is 11.1 Å². The Bertz CT molecular complexity index is 511. The van der Waals surface area contributed by atoms with Gasteiger partial charge in [-0.2, -0.15) is 0 Å². The molecule has 1 aromatic rings. The van der Waals surface area contributed by atoms with E-state index in [9.17, 15) is 8.42 Å². The van der Waals surface area contributed by atoms with E-state index in [1.165, 1.54) is 13.1 Å². The monoisotopic (exact) mass is 285 g/mol. The van der Waals surface area contributed by atoms with Crippen molar-refractivity contribution in [1.82, 2.24) is 4.72 Å².